The van der Waals surface area contributed by atoms with E-state index in [1.54, 1.807) is 0 Å². The molecule has 1 saturated heterocycles. The third-order valence-electron chi connectivity index (χ3n) is 3.76. The second-order valence-corrected chi connectivity index (χ2v) is 6.95. The van der Waals surface area contributed by atoms with Crippen molar-refractivity contribution in [2.75, 3.05) is 19.6 Å². The third kappa shape index (κ3) is 5.39. The van der Waals surface area contributed by atoms with Crippen LogP contribution in [0.1, 0.15) is 52.9 Å². The first-order valence-corrected chi connectivity index (χ1v) is 7.65. The van der Waals surface area contributed by atoms with Crippen molar-refractivity contribution in [1.29, 1.82) is 0 Å². The lowest BCUT2D eigenvalue weighted by molar-refractivity contribution is 0.0187. The topological polar surface area (TPSA) is 41.6 Å². The molecule has 1 atom stereocenters. The molecule has 0 spiro atoms. The average Bonchev–Trinajstić information content (AvgIpc) is 3.11. The molecule has 1 aliphatic heterocycles. The SMILES string of the molecule is CC(C)(C)OC(=O)N1CCCC(NCCC2CC2)C1. The Labute approximate surface area is 116 Å². The number of amides is 1. The molecule has 2 aliphatic rings. The van der Waals surface area contributed by atoms with E-state index >= 15 is 0 Å². The van der Waals surface area contributed by atoms with E-state index in [-0.39, 0.29) is 6.09 Å². The normalized spacial score (nSPS) is 24.4. The van der Waals surface area contributed by atoms with Gasteiger partial charge in [-0.1, -0.05) is 12.8 Å². The standard InChI is InChI=1S/C15H28N2O2/c1-15(2,3)19-14(18)17-10-4-5-13(11-17)16-9-8-12-6-7-12/h12-13,16H,4-11H2,1-3H3. The Morgan fingerprint density at radius 1 is 1.32 bits per heavy atom. The lowest BCUT2D eigenvalue weighted by Gasteiger charge is -2.34. The highest BCUT2D eigenvalue weighted by molar-refractivity contribution is 5.68. The van der Waals surface area contributed by atoms with E-state index in [0.29, 0.717) is 6.04 Å². The highest BCUT2D eigenvalue weighted by Crippen LogP contribution is 2.31. The number of nitrogens with zero attached hydrogens (tertiary/aromatic N) is 1. The molecule has 1 unspecified atom stereocenters. The smallest absolute Gasteiger partial charge is 0.410 e. The minimum atomic E-state index is -0.399. The number of rotatable bonds is 4. The first-order chi connectivity index (χ1) is 8.94. The molecule has 4 heteroatoms. The van der Waals surface area contributed by atoms with Gasteiger partial charge in [0.15, 0.2) is 0 Å². The number of likely N-dealkylation sites (tertiary alicyclic amines) is 1. The van der Waals surface area contributed by atoms with Gasteiger partial charge in [-0.25, -0.2) is 4.79 Å². The van der Waals surface area contributed by atoms with Crippen LogP contribution in [0.5, 0.6) is 0 Å². The Balaban J connectivity index is 1.70. The molecule has 110 valence electrons. The molecule has 1 heterocycles. The fourth-order valence-electron chi connectivity index (χ4n) is 2.53. The van der Waals surface area contributed by atoms with Crippen LogP contribution in [0.2, 0.25) is 0 Å². The molecule has 1 N–H and O–H groups in total. The van der Waals surface area contributed by atoms with Crippen LogP contribution >= 0.6 is 0 Å². The maximum Gasteiger partial charge on any atom is 0.410 e. The van der Waals surface area contributed by atoms with E-state index in [1.165, 1.54) is 25.7 Å². The summed E-state index contributed by atoms with van der Waals surface area (Å²) in [5, 5.41) is 3.59. The molecule has 0 aromatic rings. The van der Waals surface area contributed by atoms with Crippen molar-refractivity contribution in [3.63, 3.8) is 0 Å². The van der Waals surface area contributed by atoms with E-state index in [0.717, 1.165) is 32.0 Å². The second kappa shape index (κ2) is 6.12. The van der Waals surface area contributed by atoms with Crippen LogP contribution in [0, 0.1) is 5.92 Å². The fourth-order valence-corrected chi connectivity index (χ4v) is 2.53. The number of nitrogens with one attached hydrogen (secondary N) is 1. The lowest BCUT2D eigenvalue weighted by atomic mass is 10.1. The van der Waals surface area contributed by atoms with Crippen LogP contribution in [0.15, 0.2) is 0 Å². The molecule has 2 fully saturated rings. The number of carbonyl (C=O) groups is 1. The second-order valence-electron chi connectivity index (χ2n) is 6.95. The van der Waals surface area contributed by atoms with Gasteiger partial charge in [-0.05, 0) is 52.5 Å². The van der Waals surface area contributed by atoms with Gasteiger partial charge in [0, 0.05) is 19.1 Å². The number of piperidine rings is 1. The van der Waals surface area contributed by atoms with Crippen LogP contribution in [0.4, 0.5) is 4.79 Å². The number of ether oxygens (including phenoxy) is 1. The Morgan fingerprint density at radius 3 is 2.68 bits per heavy atom. The molecule has 4 nitrogen and oxygen atoms in total. The highest BCUT2D eigenvalue weighted by atomic mass is 16.6. The molecule has 0 radical (unpaired) electrons. The van der Waals surface area contributed by atoms with E-state index < -0.39 is 5.60 Å². The minimum Gasteiger partial charge on any atom is -0.444 e. The van der Waals surface area contributed by atoms with Crippen LogP contribution in [0.25, 0.3) is 0 Å². The molecule has 19 heavy (non-hydrogen) atoms. The van der Waals surface area contributed by atoms with E-state index in [1.807, 2.05) is 25.7 Å². The lowest BCUT2D eigenvalue weighted by Crippen LogP contribution is -2.49. The minimum absolute atomic E-state index is 0.166. The summed E-state index contributed by atoms with van der Waals surface area (Å²) in [6, 6.07) is 0.444. The van der Waals surface area contributed by atoms with Gasteiger partial charge >= 0.3 is 6.09 Å². The van der Waals surface area contributed by atoms with Gasteiger partial charge in [-0.3, -0.25) is 0 Å². The molecule has 0 bridgehead atoms. The van der Waals surface area contributed by atoms with Gasteiger partial charge in [0.2, 0.25) is 0 Å². The van der Waals surface area contributed by atoms with Crippen LogP contribution in [-0.2, 0) is 4.74 Å². The van der Waals surface area contributed by atoms with Crippen molar-refractivity contribution in [3.8, 4) is 0 Å². The van der Waals surface area contributed by atoms with Crippen molar-refractivity contribution in [2.24, 2.45) is 5.92 Å². The van der Waals surface area contributed by atoms with Gasteiger partial charge in [0.05, 0.1) is 0 Å². The Hall–Kier alpha value is -0.770. The predicted molar refractivity (Wildman–Crippen MR) is 76.2 cm³/mol. The number of hydrogen-bond donors (Lipinski definition) is 1. The predicted octanol–water partition coefficient (Wildman–Crippen LogP) is 2.78. The molecular weight excluding hydrogens is 240 g/mol. The molecule has 1 aliphatic carbocycles. The van der Waals surface area contributed by atoms with E-state index in [4.69, 9.17) is 4.74 Å². The molecule has 2 rings (SSSR count). The third-order valence-corrected chi connectivity index (χ3v) is 3.76. The summed E-state index contributed by atoms with van der Waals surface area (Å²) in [5.74, 6) is 0.970. The molecule has 1 saturated carbocycles. The van der Waals surface area contributed by atoms with Gasteiger partial charge < -0.3 is 15.0 Å². The summed E-state index contributed by atoms with van der Waals surface area (Å²) in [6.45, 7) is 8.47. The van der Waals surface area contributed by atoms with Crippen molar-refractivity contribution in [1.82, 2.24) is 10.2 Å². The Bertz CT molecular complexity index is 308. The van der Waals surface area contributed by atoms with Crippen molar-refractivity contribution in [2.45, 2.75) is 64.5 Å². The summed E-state index contributed by atoms with van der Waals surface area (Å²) in [6.07, 6.45) is 6.20. The Morgan fingerprint density at radius 2 is 2.05 bits per heavy atom. The van der Waals surface area contributed by atoms with E-state index in [9.17, 15) is 4.79 Å². The van der Waals surface area contributed by atoms with Crippen molar-refractivity contribution < 1.29 is 9.53 Å². The van der Waals surface area contributed by atoms with Crippen LogP contribution < -0.4 is 5.32 Å². The van der Waals surface area contributed by atoms with Crippen molar-refractivity contribution in [3.05, 3.63) is 0 Å². The van der Waals surface area contributed by atoms with Gasteiger partial charge in [-0.15, -0.1) is 0 Å². The number of carbonyl (C=O) groups excluding carboxylic acids is 1. The average molecular weight is 268 g/mol. The zero-order valence-electron chi connectivity index (χ0n) is 12.6. The largest absolute Gasteiger partial charge is 0.444 e. The van der Waals surface area contributed by atoms with Crippen LogP contribution in [-0.4, -0.2) is 42.3 Å². The highest BCUT2D eigenvalue weighted by Gasteiger charge is 2.27. The summed E-state index contributed by atoms with van der Waals surface area (Å²) >= 11 is 0. The Kier molecular flexibility index (Phi) is 4.71. The zero-order chi connectivity index (χ0) is 13.9. The summed E-state index contributed by atoms with van der Waals surface area (Å²) in [4.78, 5) is 13.9. The first kappa shape index (κ1) is 14.6. The van der Waals surface area contributed by atoms with Crippen LogP contribution in [0.3, 0.4) is 0 Å². The fraction of sp³-hybridized carbons (Fsp3) is 0.933. The first-order valence-electron chi connectivity index (χ1n) is 7.65. The van der Waals surface area contributed by atoms with Crippen molar-refractivity contribution >= 4 is 6.09 Å². The quantitative estimate of drug-likeness (QED) is 0.852. The zero-order valence-corrected chi connectivity index (χ0v) is 12.6. The number of hydrogen-bond acceptors (Lipinski definition) is 3. The maximum absolute atomic E-state index is 12.0. The molecule has 0 aromatic carbocycles. The molecular formula is C15H28N2O2. The molecule has 1 amide bonds. The monoisotopic (exact) mass is 268 g/mol. The van der Waals surface area contributed by atoms with E-state index in [2.05, 4.69) is 5.32 Å². The summed E-state index contributed by atoms with van der Waals surface area (Å²) in [5.41, 5.74) is -0.399. The summed E-state index contributed by atoms with van der Waals surface area (Å²) in [7, 11) is 0. The molecule has 0 aromatic heterocycles. The van der Waals surface area contributed by atoms with Gasteiger partial charge in [-0.2, -0.15) is 0 Å². The van der Waals surface area contributed by atoms with Gasteiger partial charge in [0.1, 0.15) is 5.60 Å². The maximum atomic E-state index is 12.0. The summed E-state index contributed by atoms with van der Waals surface area (Å²) < 4.78 is 5.44. The van der Waals surface area contributed by atoms with Gasteiger partial charge in [0.25, 0.3) is 0 Å².